The van der Waals surface area contributed by atoms with Crippen LogP contribution in [0.4, 0.5) is 0 Å². The zero-order chi connectivity index (χ0) is 14.2. The molecule has 0 aromatic heterocycles. The Morgan fingerprint density at radius 1 is 1.39 bits per heavy atom. The van der Waals surface area contributed by atoms with Crippen LogP contribution < -0.4 is 5.32 Å². The highest BCUT2D eigenvalue weighted by molar-refractivity contribution is 14.1. The summed E-state index contributed by atoms with van der Waals surface area (Å²) in [6, 6.07) is 0. The molecule has 0 aromatic rings. The molecule has 0 spiro atoms. The van der Waals surface area contributed by atoms with Gasteiger partial charge in [0, 0.05) is 18.7 Å². The summed E-state index contributed by atoms with van der Waals surface area (Å²) in [6.45, 7) is 6.94. The van der Waals surface area contributed by atoms with Gasteiger partial charge in [0.15, 0.2) is 0 Å². The minimum absolute atomic E-state index is 0.0489. The van der Waals surface area contributed by atoms with Crippen LogP contribution in [-0.4, -0.2) is 50.7 Å². The zero-order valence-corrected chi connectivity index (χ0v) is 14.0. The van der Waals surface area contributed by atoms with Gasteiger partial charge in [-0.15, -0.1) is 0 Å². The van der Waals surface area contributed by atoms with Crippen molar-refractivity contribution < 1.29 is 20.8 Å². The summed E-state index contributed by atoms with van der Waals surface area (Å²) in [5.74, 6) is -0.0771. The Hall–Kier alpha value is 0.520. The first-order chi connectivity index (χ1) is 8.16. The first kappa shape index (κ1) is 18.5. The van der Waals surface area contributed by atoms with Crippen LogP contribution in [-0.2, 0) is 17.4 Å². The lowest BCUT2D eigenvalue weighted by molar-refractivity contribution is 0.0345. The van der Waals surface area contributed by atoms with Gasteiger partial charge in [0.2, 0.25) is 0 Å². The van der Waals surface area contributed by atoms with Gasteiger partial charge in [-0.05, 0) is 27.2 Å². The average molecular weight is 395 g/mol. The van der Waals surface area contributed by atoms with E-state index in [1.165, 1.54) is 23.0 Å². The number of ether oxygens (including phenoxy) is 1. The number of hydrogen-bond acceptors (Lipinski definition) is 6. The van der Waals surface area contributed by atoms with E-state index in [1.54, 1.807) is 0 Å². The maximum Gasteiger partial charge on any atom is 0.276 e. The lowest BCUT2D eigenvalue weighted by Crippen LogP contribution is -2.42. The molecule has 0 aliphatic heterocycles. The molecule has 8 heteroatoms. The molecule has 6 nitrogen and oxygen atoms in total. The molecule has 2 N–H and O–H groups in total. The quantitative estimate of drug-likeness (QED) is 0.445. The molecule has 0 bridgehead atoms. The highest BCUT2D eigenvalue weighted by Gasteiger charge is 2.12. The van der Waals surface area contributed by atoms with Gasteiger partial charge < -0.3 is 15.2 Å². The Bertz CT molecular complexity index is 315. The van der Waals surface area contributed by atoms with Crippen molar-refractivity contribution in [3.8, 4) is 0 Å². The first-order valence-electron chi connectivity index (χ1n) is 5.70. The van der Waals surface area contributed by atoms with Gasteiger partial charge in [-0.1, -0.05) is 0 Å². The molecule has 18 heavy (non-hydrogen) atoms. The molecule has 0 heterocycles. The smallest absolute Gasteiger partial charge is 0.276 e. The van der Waals surface area contributed by atoms with Gasteiger partial charge in [0.05, 0.1) is 18.5 Å². The van der Waals surface area contributed by atoms with Crippen molar-refractivity contribution in [2.75, 3.05) is 25.5 Å². The maximum atomic E-state index is 11.0. The number of nitrogens with one attached hydrogen (secondary N) is 1. The summed E-state index contributed by atoms with van der Waals surface area (Å²) >= 11 is 1.34. The van der Waals surface area contributed by atoms with E-state index in [9.17, 15) is 13.5 Å². The number of aliphatic hydroxyl groups is 1. The summed E-state index contributed by atoms with van der Waals surface area (Å²) < 4.78 is 31.4. The third kappa shape index (κ3) is 11.6. The van der Waals surface area contributed by atoms with E-state index in [-0.39, 0.29) is 24.5 Å². The van der Waals surface area contributed by atoms with Crippen LogP contribution in [0, 0.1) is 0 Å². The zero-order valence-electron chi connectivity index (χ0n) is 11.0. The molecule has 1 unspecified atom stereocenters. The molecule has 0 aliphatic rings. The molecule has 0 amide bonds. The summed E-state index contributed by atoms with van der Waals surface area (Å²) in [5.41, 5.74) is -0.0489. The van der Waals surface area contributed by atoms with Crippen LogP contribution in [0.25, 0.3) is 0 Å². The predicted molar refractivity (Wildman–Crippen MR) is 78.1 cm³/mol. The third-order valence-corrected chi connectivity index (χ3v) is 4.58. The second kappa shape index (κ2) is 8.64. The Labute approximate surface area is 123 Å². The fourth-order valence-corrected chi connectivity index (χ4v) is 2.15. The van der Waals surface area contributed by atoms with Gasteiger partial charge in [0.25, 0.3) is 10.1 Å². The molecule has 0 radical (unpaired) electrons. The molecular weight excluding hydrogens is 373 g/mol. The lowest BCUT2D eigenvalue weighted by Gasteiger charge is -2.22. The summed E-state index contributed by atoms with van der Waals surface area (Å²) in [4.78, 5) is 0. The molecule has 0 saturated carbocycles. The van der Waals surface area contributed by atoms with E-state index in [0.717, 1.165) is 0 Å². The standard InChI is InChI=1S/C10H22INO5S/c1-10(2,3)12-7-9(13)8-16-5-4-6-18(14,15)17-11/h9,12-13H,4-8H2,1-3H3. The van der Waals surface area contributed by atoms with Crippen molar-refractivity contribution >= 4 is 33.1 Å². The predicted octanol–water partition coefficient (Wildman–Crippen LogP) is 0.838. The minimum atomic E-state index is -3.42. The van der Waals surface area contributed by atoms with Crippen LogP contribution >= 0.6 is 23.0 Å². The Balaban J connectivity index is 3.55. The fourth-order valence-electron chi connectivity index (χ4n) is 1.07. The van der Waals surface area contributed by atoms with Crippen molar-refractivity contribution in [2.45, 2.75) is 38.8 Å². The van der Waals surface area contributed by atoms with E-state index in [0.29, 0.717) is 13.0 Å². The second-order valence-electron chi connectivity index (χ2n) is 5.04. The molecule has 0 aromatic carbocycles. The van der Waals surface area contributed by atoms with Gasteiger partial charge in [-0.25, -0.2) is 0 Å². The van der Waals surface area contributed by atoms with Gasteiger partial charge in [0.1, 0.15) is 23.0 Å². The first-order valence-corrected chi connectivity index (χ1v) is 8.16. The lowest BCUT2D eigenvalue weighted by atomic mass is 10.1. The van der Waals surface area contributed by atoms with E-state index in [1.807, 2.05) is 20.8 Å². The van der Waals surface area contributed by atoms with Gasteiger partial charge >= 0.3 is 0 Å². The van der Waals surface area contributed by atoms with Crippen LogP contribution in [0.2, 0.25) is 0 Å². The number of aliphatic hydroxyl groups excluding tert-OH is 1. The second-order valence-corrected chi connectivity index (χ2v) is 7.77. The Kier molecular flexibility index (Phi) is 8.89. The average Bonchev–Trinajstić information content (AvgIpc) is 2.25. The van der Waals surface area contributed by atoms with Crippen LogP contribution in [0.15, 0.2) is 0 Å². The largest absolute Gasteiger partial charge is 0.389 e. The normalized spacial score (nSPS) is 14.7. The highest BCUT2D eigenvalue weighted by Crippen LogP contribution is 2.02. The Morgan fingerprint density at radius 2 is 2.00 bits per heavy atom. The number of rotatable bonds is 9. The van der Waals surface area contributed by atoms with Gasteiger partial charge in [-0.2, -0.15) is 10.9 Å². The highest BCUT2D eigenvalue weighted by atomic mass is 127. The monoisotopic (exact) mass is 395 g/mol. The van der Waals surface area contributed by atoms with Crippen LogP contribution in [0.3, 0.4) is 0 Å². The third-order valence-electron chi connectivity index (χ3n) is 1.96. The van der Waals surface area contributed by atoms with E-state index in [2.05, 4.69) is 7.83 Å². The van der Waals surface area contributed by atoms with E-state index < -0.39 is 16.2 Å². The maximum absolute atomic E-state index is 11.0. The molecule has 110 valence electrons. The van der Waals surface area contributed by atoms with E-state index in [4.69, 9.17) is 4.74 Å². The molecule has 0 rings (SSSR count). The van der Waals surface area contributed by atoms with Crippen LogP contribution in [0.5, 0.6) is 0 Å². The molecule has 0 fully saturated rings. The Morgan fingerprint density at radius 3 is 2.50 bits per heavy atom. The summed E-state index contributed by atoms with van der Waals surface area (Å²) in [5, 5.41) is 12.7. The number of β-amino-alcohol motifs (C(OH)–C–C–N with tert-alkyl or cyclic N) is 1. The molecule has 0 saturated heterocycles. The number of hydrogen-bond donors (Lipinski definition) is 2. The van der Waals surface area contributed by atoms with Crippen LogP contribution in [0.1, 0.15) is 27.2 Å². The fraction of sp³-hybridized carbons (Fsp3) is 1.00. The minimum Gasteiger partial charge on any atom is -0.389 e. The topological polar surface area (TPSA) is 84.9 Å². The van der Waals surface area contributed by atoms with Crippen molar-refractivity contribution in [3.05, 3.63) is 0 Å². The SMILES string of the molecule is CC(C)(C)NCC(O)COCCCS(=O)(=O)OI. The van der Waals surface area contributed by atoms with Crippen molar-refractivity contribution in [1.29, 1.82) is 0 Å². The summed E-state index contributed by atoms with van der Waals surface area (Å²) in [6.07, 6.45) is -0.244. The summed E-state index contributed by atoms with van der Waals surface area (Å²) in [7, 11) is -3.42. The van der Waals surface area contributed by atoms with E-state index >= 15 is 0 Å². The van der Waals surface area contributed by atoms with Crippen molar-refractivity contribution in [2.24, 2.45) is 0 Å². The van der Waals surface area contributed by atoms with Gasteiger partial charge in [-0.3, -0.25) is 0 Å². The van der Waals surface area contributed by atoms with Crippen molar-refractivity contribution in [3.63, 3.8) is 0 Å². The number of halogens is 1. The molecule has 1 atom stereocenters. The molecular formula is C10H22INO5S. The molecule has 0 aliphatic carbocycles. The van der Waals surface area contributed by atoms with Crippen molar-refractivity contribution in [1.82, 2.24) is 5.32 Å².